The standard InChI is InChI=1S/C18H15N5O2S/c24-17(25)15-7-3-1-6-13(15)10-19-22-18(26)23-20-11-14-9-12-5-2-4-8-16(12)21-14/h1-11,21H,(H,24,25)(H2,22,23,26)/b19-10+,20-11+. The van der Waals surface area contributed by atoms with Crippen molar-refractivity contribution in [1.82, 2.24) is 15.8 Å². The number of benzene rings is 2. The maximum atomic E-state index is 11.1. The Morgan fingerprint density at radius 3 is 2.50 bits per heavy atom. The summed E-state index contributed by atoms with van der Waals surface area (Å²) in [5, 5.41) is 18.3. The second kappa shape index (κ2) is 8.04. The quantitative estimate of drug-likeness (QED) is 0.316. The summed E-state index contributed by atoms with van der Waals surface area (Å²) >= 11 is 5.06. The van der Waals surface area contributed by atoms with Gasteiger partial charge in [-0.3, -0.25) is 10.9 Å². The molecule has 0 aliphatic heterocycles. The van der Waals surface area contributed by atoms with Crippen LogP contribution in [0.25, 0.3) is 10.9 Å². The van der Waals surface area contributed by atoms with E-state index in [0.717, 1.165) is 16.6 Å². The van der Waals surface area contributed by atoms with Crippen molar-refractivity contribution in [2.75, 3.05) is 0 Å². The molecule has 3 aromatic rings. The highest BCUT2D eigenvalue weighted by atomic mass is 32.1. The first kappa shape index (κ1) is 17.3. The SMILES string of the molecule is O=C(O)c1ccccc1/C=N/NC(=S)N/N=C/c1cc2ccccc2[nH]1. The second-order valence-electron chi connectivity index (χ2n) is 5.27. The van der Waals surface area contributed by atoms with Crippen molar-refractivity contribution in [1.29, 1.82) is 0 Å². The van der Waals surface area contributed by atoms with E-state index in [0.29, 0.717) is 5.56 Å². The average Bonchev–Trinajstić information content (AvgIpc) is 3.04. The van der Waals surface area contributed by atoms with Gasteiger partial charge < -0.3 is 10.1 Å². The molecule has 0 spiro atoms. The van der Waals surface area contributed by atoms with Gasteiger partial charge in [0.25, 0.3) is 0 Å². The molecule has 0 saturated carbocycles. The highest BCUT2D eigenvalue weighted by Gasteiger charge is 2.06. The van der Waals surface area contributed by atoms with Crippen molar-refractivity contribution >= 4 is 46.6 Å². The van der Waals surface area contributed by atoms with Crippen LogP contribution in [0.4, 0.5) is 0 Å². The zero-order chi connectivity index (χ0) is 18.4. The van der Waals surface area contributed by atoms with Crippen molar-refractivity contribution in [2.24, 2.45) is 10.2 Å². The van der Waals surface area contributed by atoms with E-state index in [1.165, 1.54) is 12.3 Å². The van der Waals surface area contributed by atoms with Crippen LogP contribution in [0.1, 0.15) is 21.6 Å². The summed E-state index contributed by atoms with van der Waals surface area (Å²) in [5.41, 5.74) is 7.71. The summed E-state index contributed by atoms with van der Waals surface area (Å²) < 4.78 is 0. The molecule has 3 rings (SSSR count). The predicted octanol–water partition coefficient (Wildman–Crippen LogP) is 2.70. The fraction of sp³-hybridized carbons (Fsp3) is 0. The largest absolute Gasteiger partial charge is 0.478 e. The topological polar surface area (TPSA) is 102 Å². The molecule has 0 unspecified atom stereocenters. The summed E-state index contributed by atoms with van der Waals surface area (Å²) in [4.78, 5) is 14.3. The fourth-order valence-corrected chi connectivity index (χ4v) is 2.42. The number of aromatic amines is 1. The van der Waals surface area contributed by atoms with Gasteiger partial charge in [-0.1, -0.05) is 36.4 Å². The molecule has 26 heavy (non-hydrogen) atoms. The van der Waals surface area contributed by atoms with Crippen molar-refractivity contribution in [2.45, 2.75) is 0 Å². The molecule has 0 bridgehead atoms. The minimum absolute atomic E-state index is 0.161. The number of para-hydroxylation sites is 1. The Kier molecular flexibility index (Phi) is 5.35. The molecular formula is C18H15N5O2S. The fourth-order valence-electron chi connectivity index (χ4n) is 2.32. The van der Waals surface area contributed by atoms with E-state index in [2.05, 4.69) is 26.0 Å². The third-order valence-corrected chi connectivity index (χ3v) is 3.66. The van der Waals surface area contributed by atoms with E-state index >= 15 is 0 Å². The molecule has 4 N–H and O–H groups in total. The number of nitrogens with one attached hydrogen (secondary N) is 3. The molecule has 2 aromatic carbocycles. The maximum absolute atomic E-state index is 11.1. The number of hydrogen-bond donors (Lipinski definition) is 4. The van der Waals surface area contributed by atoms with Gasteiger partial charge in [0.1, 0.15) is 0 Å². The van der Waals surface area contributed by atoms with E-state index in [1.54, 1.807) is 24.4 Å². The van der Waals surface area contributed by atoms with Gasteiger partial charge in [-0.2, -0.15) is 10.2 Å². The Morgan fingerprint density at radius 2 is 1.73 bits per heavy atom. The maximum Gasteiger partial charge on any atom is 0.336 e. The van der Waals surface area contributed by atoms with Crippen molar-refractivity contribution in [3.05, 3.63) is 71.4 Å². The number of carboxylic acids is 1. The van der Waals surface area contributed by atoms with Crippen LogP contribution in [0.5, 0.6) is 0 Å². The number of H-pyrrole nitrogens is 1. The highest BCUT2D eigenvalue weighted by molar-refractivity contribution is 7.80. The minimum atomic E-state index is -1.02. The molecular weight excluding hydrogens is 350 g/mol. The third-order valence-electron chi connectivity index (χ3n) is 3.48. The van der Waals surface area contributed by atoms with E-state index in [-0.39, 0.29) is 10.7 Å². The van der Waals surface area contributed by atoms with Gasteiger partial charge >= 0.3 is 5.97 Å². The van der Waals surface area contributed by atoms with E-state index in [1.807, 2.05) is 30.3 Å². The lowest BCUT2D eigenvalue weighted by Gasteiger charge is -2.02. The van der Waals surface area contributed by atoms with Gasteiger partial charge in [0, 0.05) is 16.5 Å². The van der Waals surface area contributed by atoms with E-state index in [9.17, 15) is 4.79 Å². The van der Waals surface area contributed by atoms with Gasteiger partial charge in [0.05, 0.1) is 23.7 Å². The van der Waals surface area contributed by atoms with Crippen molar-refractivity contribution < 1.29 is 9.90 Å². The van der Waals surface area contributed by atoms with Gasteiger partial charge in [-0.05, 0) is 30.4 Å². The number of fused-ring (bicyclic) bond motifs is 1. The van der Waals surface area contributed by atoms with Gasteiger partial charge in [-0.15, -0.1) is 0 Å². The summed E-state index contributed by atoms with van der Waals surface area (Å²) in [5.74, 6) is -1.02. The Bertz CT molecular complexity index is 976. The summed E-state index contributed by atoms with van der Waals surface area (Å²) in [7, 11) is 0. The predicted molar refractivity (Wildman–Crippen MR) is 106 cm³/mol. The van der Waals surface area contributed by atoms with Crippen LogP contribution >= 0.6 is 12.2 Å². The van der Waals surface area contributed by atoms with Crippen molar-refractivity contribution in [3.8, 4) is 0 Å². The van der Waals surface area contributed by atoms with Crippen LogP contribution in [0, 0.1) is 0 Å². The van der Waals surface area contributed by atoms with Gasteiger partial charge in [0.2, 0.25) is 5.11 Å². The molecule has 8 heteroatoms. The zero-order valence-electron chi connectivity index (χ0n) is 13.5. The molecule has 0 aliphatic rings. The summed E-state index contributed by atoms with van der Waals surface area (Å²) in [6.07, 6.45) is 3.00. The molecule has 0 aliphatic carbocycles. The number of aromatic carboxylic acids is 1. The molecule has 0 saturated heterocycles. The molecule has 0 fully saturated rings. The number of hydrazone groups is 2. The van der Waals surface area contributed by atoms with Gasteiger partial charge in [-0.25, -0.2) is 4.79 Å². The molecule has 1 heterocycles. The first-order valence-electron chi connectivity index (χ1n) is 7.65. The number of thiocarbonyl (C=S) groups is 1. The van der Waals surface area contributed by atoms with Gasteiger partial charge in [0.15, 0.2) is 0 Å². The summed E-state index contributed by atoms with van der Waals surface area (Å²) in [6, 6.07) is 16.4. The molecule has 0 radical (unpaired) electrons. The lowest BCUT2D eigenvalue weighted by molar-refractivity contribution is 0.0697. The summed E-state index contributed by atoms with van der Waals surface area (Å²) in [6.45, 7) is 0. The first-order chi connectivity index (χ1) is 12.6. The second-order valence-corrected chi connectivity index (χ2v) is 5.68. The number of carboxylic acid groups (broad SMARTS) is 1. The average molecular weight is 365 g/mol. The molecule has 0 atom stereocenters. The van der Waals surface area contributed by atoms with Crippen LogP contribution in [0.3, 0.4) is 0 Å². The van der Waals surface area contributed by atoms with Crippen LogP contribution in [-0.2, 0) is 0 Å². The third kappa shape index (κ3) is 4.31. The van der Waals surface area contributed by atoms with Crippen LogP contribution in [0.15, 0.2) is 64.8 Å². The monoisotopic (exact) mass is 365 g/mol. The van der Waals surface area contributed by atoms with Crippen LogP contribution < -0.4 is 10.9 Å². The zero-order valence-corrected chi connectivity index (χ0v) is 14.3. The van der Waals surface area contributed by atoms with Crippen molar-refractivity contribution in [3.63, 3.8) is 0 Å². The Balaban J connectivity index is 1.55. The number of hydrogen-bond acceptors (Lipinski definition) is 4. The normalized spacial score (nSPS) is 11.2. The first-order valence-corrected chi connectivity index (χ1v) is 8.06. The Labute approximate surface area is 154 Å². The number of nitrogens with zero attached hydrogens (tertiary/aromatic N) is 2. The lowest BCUT2D eigenvalue weighted by Crippen LogP contribution is -2.28. The Hall–Kier alpha value is -3.52. The van der Waals surface area contributed by atoms with Crippen LogP contribution in [-0.4, -0.2) is 33.6 Å². The molecule has 7 nitrogen and oxygen atoms in total. The van der Waals surface area contributed by atoms with E-state index < -0.39 is 5.97 Å². The number of carbonyl (C=O) groups is 1. The smallest absolute Gasteiger partial charge is 0.336 e. The lowest BCUT2D eigenvalue weighted by atomic mass is 10.1. The molecule has 1 aromatic heterocycles. The minimum Gasteiger partial charge on any atom is -0.478 e. The molecule has 0 amide bonds. The van der Waals surface area contributed by atoms with Crippen LogP contribution in [0.2, 0.25) is 0 Å². The number of rotatable bonds is 5. The Morgan fingerprint density at radius 1 is 1.04 bits per heavy atom. The number of aromatic nitrogens is 1. The molecule has 130 valence electrons. The van der Waals surface area contributed by atoms with E-state index in [4.69, 9.17) is 17.3 Å². The highest BCUT2D eigenvalue weighted by Crippen LogP contribution is 2.13.